The van der Waals surface area contributed by atoms with E-state index in [4.69, 9.17) is 16.3 Å². The normalized spacial score (nSPS) is 13.8. The summed E-state index contributed by atoms with van der Waals surface area (Å²) < 4.78 is 35.5. The lowest BCUT2D eigenvalue weighted by molar-refractivity contribution is -0.389. The standard InChI is InChI=1S/C18H21ClFN3O4S/c1-5-14(22-28(26)18(2,3)4)12-7-8-13(19)17(16(12)20)27-11-6-9-15(21-10-11)23(24)25/h6-10,14,22H,5H2,1-4H3/t14-,28-/m1/s1. The van der Waals surface area contributed by atoms with Crippen molar-refractivity contribution < 1.29 is 18.3 Å². The highest BCUT2D eigenvalue weighted by atomic mass is 35.5. The van der Waals surface area contributed by atoms with Crippen LogP contribution in [0.2, 0.25) is 5.02 Å². The number of nitrogens with zero attached hydrogens (tertiary/aromatic N) is 2. The van der Waals surface area contributed by atoms with Gasteiger partial charge < -0.3 is 14.9 Å². The predicted octanol–water partition coefficient (Wildman–Crippen LogP) is 5.08. The van der Waals surface area contributed by atoms with Crippen LogP contribution in [-0.2, 0) is 11.0 Å². The first kappa shape index (κ1) is 22.2. The van der Waals surface area contributed by atoms with Crippen LogP contribution in [-0.4, -0.2) is 18.9 Å². The van der Waals surface area contributed by atoms with Crippen LogP contribution in [0.25, 0.3) is 0 Å². The Kier molecular flexibility index (Phi) is 7.08. The quantitative estimate of drug-likeness (QED) is 0.489. The Labute approximate surface area is 170 Å². The smallest absolute Gasteiger partial charge is 0.363 e. The lowest BCUT2D eigenvalue weighted by Gasteiger charge is -2.24. The number of halogens is 2. The number of pyridine rings is 1. The molecule has 0 bridgehead atoms. The molecule has 0 saturated carbocycles. The van der Waals surface area contributed by atoms with E-state index in [-0.39, 0.29) is 27.9 Å². The Morgan fingerprint density at radius 1 is 1.36 bits per heavy atom. The summed E-state index contributed by atoms with van der Waals surface area (Å²) in [4.78, 5) is 13.7. The lowest BCUT2D eigenvalue weighted by Crippen LogP contribution is -2.35. The largest absolute Gasteiger partial charge is 0.449 e. The van der Waals surface area contributed by atoms with Gasteiger partial charge in [-0.1, -0.05) is 24.6 Å². The molecule has 152 valence electrons. The molecular formula is C18H21ClFN3O4S. The Bertz CT molecular complexity index is 888. The number of benzene rings is 1. The molecule has 2 rings (SSSR count). The summed E-state index contributed by atoms with van der Waals surface area (Å²) in [5.41, 5.74) is 0.259. The molecule has 28 heavy (non-hydrogen) atoms. The van der Waals surface area contributed by atoms with Gasteiger partial charge in [0.1, 0.15) is 0 Å². The van der Waals surface area contributed by atoms with Gasteiger partial charge in [0.05, 0.1) is 20.8 Å². The topological polar surface area (TPSA) is 94.4 Å². The lowest BCUT2D eigenvalue weighted by atomic mass is 10.0. The van der Waals surface area contributed by atoms with Crippen molar-refractivity contribution in [3.05, 3.63) is 57.0 Å². The summed E-state index contributed by atoms with van der Waals surface area (Å²) in [7, 11) is -1.40. The second kappa shape index (κ2) is 8.93. The molecule has 0 fully saturated rings. The average Bonchev–Trinajstić information content (AvgIpc) is 2.63. The van der Waals surface area contributed by atoms with Crippen molar-refractivity contribution >= 4 is 28.4 Å². The molecule has 1 aromatic carbocycles. The minimum atomic E-state index is -1.40. The number of hydrogen-bond acceptors (Lipinski definition) is 5. The fourth-order valence-corrected chi connectivity index (χ4v) is 3.33. The zero-order valence-electron chi connectivity index (χ0n) is 15.9. The minimum Gasteiger partial charge on any atom is -0.449 e. The van der Waals surface area contributed by atoms with E-state index in [1.54, 1.807) is 0 Å². The maximum absolute atomic E-state index is 15.1. The molecule has 0 aliphatic rings. The van der Waals surface area contributed by atoms with E-state index in [0.29, 0.717) is 6.42 Å². The molecular weight excluding hydrogens is 409 g/mol. The van der Waals surface area contributed by atoms with Crippen molar-refractivity contribution in [2.24, 2.45) is 0 Å². The first-order chi connectivity index (χ1) is 13.0. The van der Waals surface area contributed by atoms with E-state index < -0.39 is 32.5 Å². The molecule has 2 atom stereocenters. The molecule has 0 radical (unpaired) electrons. The summed E-state index contributed by atoms with van der Waals surface area (Å²) in [6.45, 7) is 7.29. The fraction of sp³-hybridized carbons (Fsp3) is 0.389. The van der Waals surface area contributed by atoms with Crippen LogP contribution < -0.4 is 9.46 Å². The summed E-state index contributed by atoms with van der Waals surface area (Å²) in [5.74, 6) is -1.18. The molecule has 0 aliphatic heterocycles. The van der Waals surface area contributed by atoms with E-state index in [1.807, 2.05) is 27.7 Å². The molecule has 1 N–H and O–H groups in total. The third-order valence-corrected chi connectivity index (χ3v) is 5.70. The number of rotatable bonds is 7. The monoisotopic (exact) mass is 429 g/mol. The number of aromatic nitrogens is 1. The maximum atomic E-state index is 15.1. The summed E-state index contributed by atoms with van der Waals surface area (Å²) in [5, 5.41) is 10.7. The first-order valence-electron chi connectivity index (χ1n) is 8.48. The third-order valence-electron chi connectivity index (χ3n) is 3.80. The van der Waals surface area contributed by atoms with Gasteiger partial charge in [-0.15, -0.1) is 0 Å². The molecule has 0 amide bonds. The van der Waals surface area contributed by atoms with Gasteiger partial charge in [0, 0.05) is 17.7 Å². The van der Waals surface area contributed by atoms with Crippen LogP contribution in [0.1, 0.15) is 45.7 Å². The fourth-order valence-electron chi connectivity index (χ4n) is 2.24. The van der Waals surface area contributed by atoms with E-state index in [2.05, 4.69) is 9.71 Å². The van der Waals surface area contributed by atoms with Gasteiger partial charge in [0.15, 0.2) is 23.5 Å². The molecule has 0 unspecified atom stereocenters. The van der Waals surface area contributed by atoms with Crippen LogP contribution >= 0.6 is 11.6 Å². The van der Waals surface area contributed by atoms with Crippen LogP contribution in [0.5, 0.6) is 11.5 Å². The Morgan fingerprint density at radius 2 is 2.04 bits per heavy atom. The molecule has 0 spiro atoms. The summed E-state index contributed by atoms with van der Waals surface area (Å²) in [6, 6.07) is 4.93. The van der Waals surface area contributed by atoms with Crippen molar-refractivity contribution in [1.29, 1.82) is 0 Å². The molecule has 0 saturated heterocycles. The second-order valence-electron chi connectivity index (χ2n) is 6.95. The zero-order chi connectivity index (χ0) is 21.1. The Balaban J connectivity index is 2.34. The zero-order valence-corrected chi connectivity index (χ0v) is 17.4. The first-order valence-corrected chi connectivity index (χ1v) is 10.0. The van der Waals surface area contributed by atoms with Gasteiger partial charge in [-0.05, 0) is 49.2 Å². The Morgan fingerprint density at radius 3 is 2.54 bits per heavy atom. The van der Waals surface area contributed by atoms with Gasteiger partial charge in [-0.2, -0.15) is 0 Å². The summed E-state index contributed by atoms with van der Waals surface area (Å²) in [6.07, 6.45) is 1.60. The number of nitro groups is 1. The van der Waals surface area contributed by atoms with E-state index in [0.717, 1.165) is 12.3 Å². The highest BCUT2D eigenvalue weighted by molar-refractivity contribution is 7.84. The molecule has 2 aromatic rings. The second-order valence-corrected chi connectivity index (χ2v) is 9.36. The van der Waals surface area contributed by atoms with Crippen molar-refractivity contribution in [2.75, 3.05) is 0 Å². The van der Waals surface area contributed by atoms with Gasteiger partial charge in [-0.3, -0.25) is 0 Å². The van der Waals surface area contributed by atoms with Crippen LogP contribution in [0.15, 0.2) is 30.5 Å². The molecule has 1 heterocycles. The van der Waals surface area contributed by atoms with Crippen LogP contribution in [0, 0.1) is 15.9 Å². The highest BCUT2D eigenvalue weighted by Gasteiger charge is 2.26. The van der Waals surface area contributed by atoms with Gasteiger partial charge in [0.25, 0.3) is 0 Å². The van der Waals surface area contributed by atoms with E-state index in [9.17, 15) is 14.3 Å². The van der Waals surface area contributed by atoms with E-state index >= 15 is 4.39 Å². The van der Waals surface area contributed by atoms with Crippen molar-refractivity contribution in [3.63, 3.8) is 0 Å². The van der Waals surface area contributed by atoms with Gasteiger partial charge in [-0.25, -0.2) is 13.3 Å². The molecule has 10 heteroatoms. The maximum Gasteiger partial charge on any atom is 0.363 e. The number of hydrogen-bond donors (Lipinski definition) is 1. The molecule has 7 nitrogen and oxygen atoms in total. The molecule has 1 aromatic heterocycles. The van der Waals surface area contributed by atoms with Crippen LogP contribution in [0.4, 0.5) is 10.2 Å². The van der Waals surface area contributed by atoms with Crippen molar-refractivity contribution in [2.45, 2.75) is 44.9 Å². The van der Waals surface area contributed by atoms with Gasteiger partial charge >= 0.3 is 5.82 Å². The van der Waals surface area contributed by atoms with Crippen molar-refractivity contribution in [3.8, 4) is 11.5 Å². The SMILES string of the molecule is CC[C@@H](N[S@](=O)C(C)(C)C)c1ccc(Cl)c(Oc2ccc([N+](=O)[O-])nc2)c1F. The summed E-state index contributed by atoms with van der Waals surface area (Å²) >= 11 is 6.09. The average molecular weight is 430 g/mol. The third kappa shape index (κ3) is 5.24. The van der Waals surface area contributed by atoms with Gasteiger partial charge in [0.2, 0.25) is 0 Å². The van der Waals surface area contributed by atoms with Crippen molar-refractivity contribution in [1.82, 2.24) is 9.71 Å². The minimum absolute atomic E-state index is 0.0337. The Hall–Kier alpha value is -2.10. The molecule has 0 aliphatic carbocycles. The predicted molar refractivity (Wildman–Crippen MR) is 106 cm³/mol. The highest BCUT2D eigenvalue weighted by Crippen LogP contribution is 2.37. The number of nitrogens with one attached hydrogen (secondary N) is 1. The van der Waals surface area contributed by atoms with E-state index in [1.165, 1.54) is 18.2 Å². The van der Waals surface area contributed by atoms with Crippen LogP contribution in [0.3, 0.4) is 0 Å². The number of ether oxygens (including phenoxy) is 1.